The molecule has 2 heteroatoms. The Bertz CT molecular complexity index is 458. The molecular weight excluding hydrogens is 236 g/mol. The number of carbonyl (C=O) groups excluding carboxylic acids is 1. The number of carbonyl (C=O) groups is 1. The van der Waals surface area contributed by atoms with E-state index in [0.717, 1.165) is 31.3 Å². The van der Waals surface area contributed by atoms with E-state index in [-0.39, 0.29) is 17.5 Å². The van der Waals surface area contributed by atoms with Crippen LogP contribution in [0.25, 0.3) is 0 Å². The molecular formula is C17H24O2. The van der Waals surface area contributed by atoms with Crippen molar-refractivity contribution in [2.24, 2.45) is 11.3 Å². The van der Waals surface area contributed by atoms with Crippen molar-refractivity contribution in [2.45, 2.75) is 52.6 Å². The van der Waals surface area contributed by atoms with Crippen molar-refractivity contribution in [3.8, 4) is 0 Å². The van der Waals surface area contributed by atoms with Gasteiger partial charge in [0.1, 0.15) is 6.10 Å². The Hall–Kier alpha value is -1.31. The highest BCUT2D eigenvalue weighted by Crippen LogP contribution is 2.54. The van der Waals surface area contributed by atoms with Gasteiger partial charge < -0.3 is 4.74 Å². The number of ether oxygens (including phenoxy) is 1. The van der Waals surface area contributed by atoms with Crippen LogP contribution in [0.5, 0.6) is 0 Å². The maximum absolute atomic E-state index is 11.3. The van der Waals surface area contributed by atoms with E-state index in [9.17, 15) is 4.79 Å². The zero-order valence-electron chi connectivity index (χ0n) is 12.3. The summed E-state index contributed by atoms with van der Waals surface area (Å²) in [5.41, 5.74) is 3.62. The summed E-state index contributed by atoms with van der Waals surface area (Å²) < 4.78 is 5.47. The largest absolute Gasteiger partial charge is 0.458 e. The summed E-state index contributed by atoms with van der Waals surface area (Å²) in [6.45, 7) is 14.4. The molecule has 0 aromatic rings. The first-order chi connectivity index (χ1) is 8.86. The maximum Gasteiger partial charge on any atom is 0.303 e. The fourth-order valence-electron chi connectivity index (χ4n) is 3.42. The molecule has 2 rings (SSSR count). The van der Waals surface area contributed by atoms with Crippen LogP contribution in [0, 0.1) is 11.3 Å². The minimum atomic E-state index is -0.213. The number of rotatable bonds is 1. The average molecular weight is 260 g/mol. The van der Waals surface area contributed by atoms with Crippen molar-refractivity contribution < 1.29 is 9.53 Å². The lowest BCUT2D eigenvalue weighted by Crippen LogP contribution is -2.39. The molecule has 2 aliphatic carbocycles. The third-order valence-corrected chi connectivity index (χ3v) is 4.89. The van der Waals surface area contributed by atoms with E-state index in [1.165, 1.54) is 18.1 Å². The number of esters is 1. The van der Waals surface area contributed by atoms with Crippen molar-refractivity contribution in [3.63, 3.8) is 0 Å². The molecule has 0 aromatic carbocycles. The van der Waals surface area contributed by atoms with Gasteiger partial charge in [-0.25, -0.2) is 0 Å². The second-order valence-corrected chi connectivity index (χ2v) is 6.11. The Morgan fingerprint density at radius 2 is 2.16 bits per heavy atom. The monoisotopic (exact) mass is 260 g/mol. The third kappa shape index (κ3) is 2.41. The van der Waals surface area contributed by atoms with Crippen LogP contribution in [-0.4, -0.2) is 12.1 Å². The lowest BCUT2D eigenvalue weighted by Gasteiger charge is -2.47. The molecule has 1 spiro atoms. The maximum atomic E-state index is 11.3. The van der Waals surface area contributed by atoms with Crippen molar-refractivity contribution >= 4 is 5.97 Å². The Balaban J connectivity index is 2.31. The van der Waals surface area contributed by atoms with Gasteiger partial charge in [0, 0.05) is 18.8 Å². The molecule has 2 aliphatic rings. The van der Waals surface area contributed by atoms with Crippen LogP contribution in [0.3, 0.4) is 0 Å². The molecule has 3 atom stereocenters. The van der Waals surface area contributed by atoms with Crippen molar-refractivity contribution in [3.05, 3.63) is 36.0 Å². The molecule has 0 heterocycles. The minimum Gasteiger partial charge on any atom is -0.458 e. The molecule has 104 valence electrons. The molecule has 0 amide bonds. The van der Waals surface area contributed by atoms with Gasteiger partial charge in [0.2, 0.25) is 0 Å². The summed E-state index contributed by atoms with van der Waals surface area (Å²) in [5.74, 6) is 0.310. The summed E-state index contributed by atoms with van der Waals surface area (Å²) in [5, 5.41) is 0. The highest BCUT2D eigenvalue weighted by Gasteiger charge is 2.44. The molecule has 19 heavy (non-hydrogen) atoms. The third-order valence-electron chi connectivity index (χ3n) is 4.89. The normalized spacial score (nSPS) is 35.2. The summed E-state index contributed by atoms with van der Waals surface area (Å²) in [6.07, 6.45) is 6.05. The Morgan fingerprint density at radius 1 is 1.47 bits per heavy atom. The number of hydrogen-bond donors (Lipinski definition) is 0. The zero-order chi connectivity index (χ0) is 14.2. The van der Waals surface area contributed by atoms with Gasteiger partial charge in [-0.2, -0.15) is 0 Å². The molecule has 0 N–H and O–H groups in total. The van der Waals surface area contributed by atoms with Gasteiger partial charge in [-0.1, -0.05) is 37.3 Å². The predicted octanol–water partition coefficient (Wildman–Crippen LogP) is 4.19. The first-order valence-electron chi connectivity index (χ1n) is 7.08. The first kappa shape index (κ1) is 14.1. The van der Waals surface area contributed by atoms with Crippen LogP contribution in [-0.2, 0) is 9.53 Å². The molecule has 0 saturated heterocycles. The lowest BCUT2D eigenvalue weighted by molar-refractivity contribution is -0.145. The molecule has 0 aliphatic heterocycles. The fraction of sp³-hybridized carbons (Fsp3) is 0.588. The van der Waals surface area contributed by atoms with E-state index in [0.29, 0.717) is 5.92 Å². The van der Waals surface area contributed by atoms with E-state index >= 15 is 0 Å². The summed E-state index contributed by atoms with van der Waals surface area (Å²) in [6, 6.07) is 0. The highest BCUT2D eigenvalue weighted by atomic mass is 16.5. The van der Waals surface area contributed by atoms with Crippen LogP contribution in [0.1, 0.15) is 46.5 Å². The van der Waals surface area contributed by atoms with E-state index in [2.05, 4.69) is 26.2 Å². The van der Waals surface area contributed by atoms with Crippen molar-refractivity contribution in [1.29, 1.82) is 0 Å². The van der Waals surface area contributed by atoms with Gasteiger partial charge in [-0.15, -0.1) is 0 Å². The van der Waals surface area contributed by atoms with Crippen LogP contribution in [0.15, 0.2) is 36.0 Å². The molecule has 0 radical (unpaired) electrons. The second kappa shape index (κ2) is 4.99. The molecule has 0 aromatic heterocycles. The highest BCUT2D eigenvalue weighted by molar-refractivity contribution is 5.66. The van der Waals surface area contributed by atoms with Crippen LogP contribution >= 0.6 is 0 Å². The number of allylic oxidation sites excluding steroid dienone is 3. The molecule has 2 nitrogen and oxygen atoms in total. The van der Waals surface area contributed by atoms with E-state index in [1.807, 2.05) is 6.92 Å². The topological polar surface area (TPSA) is 26.3 Å². The smallest absolute Gasteiger partial charge is 0.303 e. The van der Waals surface area contributed by atoms with Crippen LogP contribution < -0.4 is 0 Å². The van der Waals surface area contributed by atoms with Gasteiger partial charge in [-0.3, -0.25) is 4.79 Å². The SMILES string of the molecule is C=C1CC[C@@H](C)C(=C)[C@@]12CC=C(C)[C@H](OC(C)=O)C2. The molecule has 1 saturated carbocycles. The van der Waals surface area contributed by atoms with E-state index in [4.69, 9.17) is 4.74 Å². The van der Waals surface area contributed by atoms with E-state index < -0.39 is 0 Å². The van der Waals surface area contributed by atoms with Crippen molar-refractivity contribution in [1.82, 2.24) is 0 Å². The first-order valence-corrected chi connectivity index (χ1v) is 7.08. The second-order valence-electron chi connectivity index (χ2n) is 6.11. The van der Waals surface area contributed by atoms with Gasteiger partial charge in [0.05, 0.1) is 0 Å². The Morgan fingerprint density at radius 3 is 2.79 bits per heavy atom. The Labute approximate surface area is 116 Å². The van der Waals surface area contributed by atoms with Gasteiger partial charge in [0.25, 0.3) is 0 Å². The van der Waals surface area contributed by atoms with Gasteiger partial charge in [0.15, 0.2) is 0 Å². The Kier molecular flexibility index (Phi) is 3.71. The van der Waals surface area contributed by atoms with Gasteiger partial charge >= 0.3 is 5.97 Å². The predicted molar refractivity (Wildman–Crippen MR) is 77.7 cm³/mol. The van der Waals surface area contributed by atoms with E-state index in [1.54, 1.807) is 0 Å². The summed E-state index contributed by atoms with van der Waals surface area (Å²) in [4.78, 5) is 11.3. The average Bonchev–Trinajstić information content (AvgIpc) is 2.35. The fourth-order valence-corrected chi connectivity index (χ4v) is 3.42. The minimum absolute atomic E-state index is 0.0582. The molecule has 0 unspecified atom stereocenters. The summed E-state index contributed by atoms with van der Waals surface area (Å²) in [7, 11) is 0. The zero-order valence-corrected chi connectivity index (χ0v) is 12.3. The summed E-state index contributed by atoms with van der Waals surface area (Å²) >= 11 is 0. The molecule has 0 bridgehead atoms. The molecule has 1 fully saturated rings. The van der Waals surface area contributed by atoms with Crippen molar-refractivity contribution in [2.75, 3.05) is 0 Å². The standard InChI is InChI=1S/C17H24O2/c1-11-6-7-13(3)17(14(11)4)9-8-12(2)16(10-17)19-15(5)18/h8,11,16H,3-4,6-7,9-10H2,1-2,5H3/t11-,16-,17-/m1/s1. The quantitative estimate of drug-likeness (QED) is 0.522. The van der Waals surface area contributed by atoms with Crippen LogP contribution in [0.2, 0.25) is 0 Å². The number of hydrogen-bond acceptors (Lipinski definition) is 2. The van der Waals surface area contributed by atoms with Gasteiger partial charge in [-0.05, 0) is 37.7 Å². The van der Waals surface area contributed by atoms with Crippen LogP contribution in [0.4, 0.5) is 0 Å². The lowest BCUT2D eigenvalue weighted by atomic mass is 9.58.